The van der Waals surface area contributed by atoms with Crippen LogP contribution >= 0.6 is 22.9 Å². The Kier molecular flexibility index (Phi) is 1.62. The van der Waals surface area contributed by atoms with Crippen LogP contribution in [0.5, 0.6) is 0 Å². The molecule has 0 bridgehead atoms. The van der Waals surface area contributed by atoms with Gasteiger partial charge in [0.1, 0.15) is 5.38 Å². The quantitative estimate of drug-likeness (QED) is 0.472. The third-order valence-corrected chi connectivity index (χ3v) is 2.95. The molecule has 2 heterocycles. The predicted octanol–water partition coefficient (Wildman–Crippen LogP) is 0.723. The summed E-state index contributed by atoms with van der Waals surface area (Å²) in [6, 6.07) is 0. The fourth-order valence-corrected chi connectivity index (χ4v) is 2.17. The van der Waals surface area contributed by atoms with Gasteiger partial charge in [-0.2, -0.15) is 4.24 Å². The van der Waals surface area contributed by atoms with Gasteiger partial charge in [-0.1, -0.05) is 11.3 Å². The summed E-state index contributed by atoms with van der Waals surface area (Å²) in [6.45, 7) is 0. The summed E-state index contributed by atoms with van der Waals surface area (Å²) in [5.74, 6) is 0.296. The molecular weight excluding hydrogens is 182 g/mol. The van der Waals surface area contributed by atoms with E-state index in [1.165, 1.54) is 11.3 Å². The molecule has 2 nitrogen and oxygen atoms in total. The molecular formula is C7H7ClNOS+. The number of alkyl halides is 1. The Morgan fingerprint density at radius 1 is 1.73 bits per heavy atom. The molecule has 11 heavy (non-hydrogen) atoms. The van der Waals surface area contributed by atoms with Crippen molar-refractivity contribution in [3.63, 3.8) is 0 Å². The molecule has 0 amide bonds. The molecule has 0 saturated carbocycles. The third kappa shape index (κ3) is 1.04. The molecule has 0 spiro atoms. The van der Waals surface area contributed by atoms with Crippen molar-refractivity contribution in [3.8, 4) is 0 Å². The van der Waals surface area contributed by atoms with Crippen LogP contribution in [0.1, 0.15) is 6.42 Å². The van der Waals surface area contributed by atoms with E-state index in [1.807, 2.05) is 22.0 Å². The monoisotopic (exact) mass is 188 g/mol. The van der Waals surface area contributed by atoms with E-state index in [0.717, 1.165) is 4.66 Å². The number of hydrogen-bond donors (Lipinski definition) is 1. The van der Waals surface area contributed by atoms with Gasteiger partial charge in [-0.25, -0.2) is 0 Å². The van der Waals surface area contributed by atoms with E-state index in [2.05, 4.69) is 0 Å². The number of nitrogens with zero attached hydrogens (tertiary/aromatic N) is 1. The Morgan fingerprint density at radius 2 is 2.55 bits per heavy atom. The van der Waals surface area contributed by atoms with Crippen molar-refractivity contribution in [1.29, 1.82) is 0 Å². The highest BCUT2D eigenvalue weighted by molar-refractivity contribution is 7.07. The first-order valence-corrected chi connectivity index (χ1v) is 4.63. The SMILES string of the molecule is OC1=c2scc[n+]2=CCC1Cl. The van der Waals surface area contributed by atoms with Crippen molar-refractivity contribution < 1.29 is 9.35 Å². The summed E-state index contributed by atoms with van der Waals surface area (Å²) in [5.41, 5.74) is 0. The van der Waals surface area contributed by atoms with E-state index in [4.69, 9.17) is 11.6 Å². The van der Waals surface area contributed by atoms with Crippen LogP contribution in [-0.2, 0) is 0 Å². The zero-order valence-electron chi connectivity index (χ0n) is 5.70. The minimum atomic E-state index is -0.242. The second kappa shape index (κ2) is 2.50. The van der Waals surface area contributed by atoms with Crippen LogP contribution in [0.25, 0.3) is 5.76 Å². The second-order valence-electron chi connectivity index (χ2n) is 2.39. The highest BCUT2D eigenvalue weighted by Crippen LogP contribution is 2.12. The number of rotatable bonds is 0. The van der Waals surface area contributed by atoms with E-state index in [-0.39, 0.29) is 5.38 Å². The lowest BCUT2D eigenvalue weighted by Gasteiger charge is -2.02. The van der Waals surface area contributed by atoms with Gasteiger partial charge in [0.05, 0.1) is 5.38 Å². The number of thiazole rings is 1. The minimum absolute atomic E-state index is 0.242. The lowest BCUT2D eigenvalue weighted by molar-refractivity contribution is -0.522. The number of halogens is 1. The van der Waals surface area contributed by atoms with Crippen LogP contribution in [0, 0.1) is 6.21 Å². The Bertz CT molecular complexity index is 383. The lowest BCUT2D eigenvalue weighted by Crippen LogP contribution is -2.39. The number of aromatic nitrogens is 1. The summed E-state index contributed by atoms with van der Waals surface area (Å²) >= 11 is 7.32. The van der Waals surface area contributed by atoms with Crippen LogP contribution in [0.4, 0.5) is 0 Å². The molecule has 1 aromatic heterocycles. The molecule has 4 heteroatoms. The fourth-order valence-electron chi connectivity index (χ4n) is 1.08. The van der Waals surface area contributed by atoms with E-state index >= 15 is 0 Å². The molecule has 0 aliphatic carbocycles. The van der Waals surface area contributed by atoms with Crippen molar-refractivity contribution >= 4 is 28.7 Å². The van der Waals surface area contributed by atoms with Crippen molar-refractivity contribution in [3.05, 3.63) is 22.5 Å². The summed E-state index contributed by atoms with van der Waals surface area (Å²) in [5, 5.41) is 11.2. The van der Waals surface area contributed by atoms with Gasteiger partial charge in [0.15, 0.2) is 18.2 Å². The van der Waals surface area contributed by atoms with E-state index in [0.29, 0.717) is 12.2 Å². The second-order valence-corrected chi connectivity index (χ2v) is 3.81. The van der Waals surface area contributed by atoms with Crippen molar-refractivity contribution in [1.82, 2.24) is 0 Å². The molecule has 1 N–H and O–H groups in total. The first-order chi connectivity index (χ1) is 5.29. The van der Waals surface area contributed by atoms with Crippen LogP contribution < -0.4 is 8.91 Å². The highest BCUT2D eigenvalue weighted by Gasteiger charge is 2.20. The Balaban J connectivity index is 2.82. The van der Waals surface area contributed by atoms with Gasteiger partial charge in [-0.05, 0) is 0 Å². The Hall–Kier alpha value is -0.540. The van der Waals surface area contributed by atoms with E-state index in [9.17, 15) is 5.11 Å². The average Bonchev–Trinajstić information content (AvgIpc) is 2.45. The molecule has 58 valence electrons. The maximum Gasteiger partial charge on any atom is 0.306 e. The van der Waals surface area contributed by atoms with Gasteiger partial charge in [0, 0.05) is 6.42 Å². The topological polar surface area (TPSA) is 26.1 Å². The highest BCUT2D eigenvalue weighted by atomic mass is 35.5. The Labute approximate surface area is 72.7 Å². The average molecular weight is 189 g/mol. The molecule has 1 aromatic rings. The number of aliphatic hydroxyl groups is 1. The molecule has 1 aliphatic rings. The van der Waals surface area contributed by atoms with Crippen molar-refractivity contribution in [2.24, 2.45) is 0 Å². The van der Waals surface area contributed by atoms with E-state index in [1.54, 1.807) is 0 Å². The van der Waals surface area contributed by atoms with Crippen LogP contribution in [0.3, 0.4) is 0 Å². The molecule has 0 saturated heterocycles. The van der Waals surface area contributed by atoms with E-state index < -0.39 is 0 Å². The first-order valence-electron chi connectivity index (χ1n) is 3.31. The van der Waals surface area contributed by atoms with Gasteiger partial charge < -0.3 is 5.11 Å². The van der Waals surface area contributed by atoms with Gasteiger partial charge in [-0.3, -0.25) is 0 Å². The number of hydrogen-bond acceptors (Lipinski definition) is 2. The first kappa shape index (κ1) is 7.13. The number of aliphatic hydroxyl groups excluding tert-OH is 1. The standard InChI is InChI=1S/C7H6ClNOS/c8-5-1-2-9-3-4-11-7(9)6(5)10/h2-5H,1H2/p+1. The van der Waals surface area contributed by atoms with Crippen LogP contribution in [0.2, 0.25) is 0 Å². The summed E-state index contributed by atoms with van der Waals surface area (Å²) in [4.78, 5) is 0. The molecule has 0 aromatic carbocycles. The summed E-state index contributed by atoms with van der Waals surface area (Å²) < 4.78 is 2.75. The normalized spacial score (nSPS) is 22.6. The third-order valence-electron chi connectivity index (χ3n) is 1.66. The molecule has 2 rings (SSSR count). The zero-order chi connectivity index (χ0) is 7.84. The predicted molar refractivity (Wildman–Crippen MR) is 44.1 cm³/mol. The molecule has 0 fully saturated rings. The maximum atomic E-state index is 9.47. The molecule has 1 unspecified atom stereocenters. The maximum absolute atomic E-state index is 9.47. The van der Waals surface area contributed by atoms with Gasteiger partial charge in [0.25, 0.3) is 0 Å². The van der Waals surface area contributed by atoms with Gasteiger partial charge >= 0.3 is 4.66 Å². The van der Waals surface area contributed by atoms with Gasteiger partial charge in [0.2, 0.25) is 0 Å². The minimum Gasteiger partial charge on any atom is -0.504 e. The fraction of sp³-hybridized carbons (Fsp3) is 0.286. The Morgan fingerprint density at radius 3 is 3.36 bits per heavy atom. The van der Waals surface area contributed by atoms with Crippen LogP contribution in [0.15, 0.2) is 11.6 Å². The summed E-state index contributed by atoms with van der Waals surface area (Å²) in [6.07, 6.45) is 4.59. The smallest absolute Gasteiger partial charge is 0.306 e. The van der Waals surface area contributed by atoms with Crippen molar-refractivity contribution in [2.45, 2.75) is 11.8 Å². The van der Waals surface area contributed by atoms with Crippen LogP contribution in [-0.4, -0.2) is 10.5 Å². The molecule has 1 aliphatic heterocycles. The largest absolute Gasteiger partial charge is 0.504 e. The molecule has 1 atom stereocenters. The number of fused-ring (bicyclic) bond motifs is 1. The molecule has 0 radical (unpaired) electrons. The zero-order valence-corrected chi connectivity index (χ0v) is 7.27. The lowest BCUT2D eigenvalue weighted by atomic mass is 10.2. The summed E-state index contributed by atoms with van der Waals surface area (Å²) in [7, 11) is 0. The van der Waals surface area contributed by atoms with Gasteiger partial charge in [-0.15, -0.1) is 11.6 Å². The van der Waals surface area contributed by atoms with Crippen molar-refractivity contribution in [2.75, 3.05) is 0 Å².